The van der Waals surface area contributed by atoms with Crippen molar-refractivity contribution in [2.24, 2.45) is 0 Å². The number of nitrogen functional groups attached to an aromatic ring is 1. The summed E-state index contributed by atoms with van der Waals surface area (Å²) < 4.78 is 49.4. The third-order valence-corrected chi connectivity index (χ3v) is 3.61. The van der Waals surface area contributed by atoms with Crippen LogP contribution in [0, 0.1) is 5.82 Å². The van der Waals surface area contributed by atoms with E-state index in [0.29, 0.717) is 0 Å². The predicted octanol–water partition coefficient (Wildman–Crippen LogP) is 3.86. The van der Waals surface area contributed by atoms with Gasteiger partial charge in [-0.1, -0.05) is 24.3 Å². The Morgan fingerprint density at radius 3 is 2.67 bits per heavy atom. The van der Waals surface area contributed by atoms with E-state index in [1.165, 1.54) is 0 Å². The molecule has 0 aliphatic carbocycles. The summed E-state index contributed by atoms with van der Waals surface area (Å²) in [6, 6.07) is 1.04. The number of rotatable bonds is 7. The second kappa shape index (κ2) is 8.12. The monoisotopic (exact) mass is 403 g/mol. The van der Waals surface area contributed by atoms with Gasteiger partial charge in [0.15, 0.2) is 23.1 Å². The summed E-state index contributed by atoms with van der Waals surface area (Å²) in [4.78, 5) is 18.9. The topological polar surface area (TPSA) is 108 Å². The van der Waals surface area contributed by atoms with Gasteiger partial charge in [0, 0.05) is 5.56 Å². The lowest BCUT2D eigenvalue weighted by molar-refractivity contribution is -0.0521. The van der Waals surface area contributed by atoms with Gasteiger partial charge >= 0.3 is 12.6 Å². The number of ether oxygens (including phenoxy) is 2. The van der Waals surface area contributed by atoms with Gasteiger partial charge in [-0.25, -0.2) is 19.2 Å². The van der Waals surface area contributed by atoms with Crippen LogP contribution in [0.25, 0.3) is 17.5 Å². The fourth-order valence-corrected chi connectivity index (χ4v) is 2.41. The van der Waals surface area contributed by atoms with Crippen LogP contribution >= 0.6 is 11.6 Å². The lowest BCUT2D eigenvalue weighted by Crippen LogP contribution is -2.11. The van der Waals surface area contributed by atoms with E-state index >= 15 is 0 Å². The van der Waals surface area contributed by atoms with E-state index in [0.717, 1.165) is 12.1 Å². The van der Waals surface area contributed by atoms with Gasteiger partial charge in [0.1, 0.15) is 16.6 Å². The van der Waals surface area contributed by atoms with E-state index < -0.39 is 46.3 Å². The highest BCUT2D eigenvalue weighted by Gasteiger charge is 2.26. The lowest BCUT2D eigenvalue weighted by atomic mass is 10.1. The number of halogens is 4. The number of carbonyl (C=O) groups is 1. The average Bonchev–Trinajstić information content (AvgIpc) is 2.60. The molecule has 1 aromatic heterocycles. The van der Waals surface area contributed by atoms with Gasteiger partial charge in [0.2, 0.25) is 0 Å². The van der Waals surface area contributed by atoms with Gasteiger partial charge in [0.05, 0.1) is 12.2 Å². The van der Waals surface area contributed by atoms with Gasteiger partial charge in [-0.2, -0.15) is 8.78 Å². The molecule has 2 rings (SSSR count). The molecule has 2 aromatic rings. The van der Waals surface area contributed by atoms with Crippen molar-refractivity contribution in [1.29, 1.82) is 0 Å². The molecule has 0 fully saturated rings. The summed E-state index contributed by atoms with van der Waals surface area (Å²) in [5.74, 6) is -4.74. The lowest BCUT2D eigenvalue weighted by Gasteiger charge is -2.15. The summed E-state index contributed by atoms with van der Waals surface area (Å²) in [5, 5.41) is 8.74. The number of aromatic nitrogens is 2. The largest absolute Gasteiger partial charge is 0.492 e. The Hall–Kier alpha value is -3.01. The zero-order valence-electron chi connectivity index (χ0n) is 13.8. The molecule has 0 spiro atoms. The van der Waals surface area contributed by atoms with Crippen LogP contribution in [0.2, 0.25) is 5.02 Å². The Bertz CT molecular complexity index is 909. The average molecular weight is 404 g/mol. The van der Waals surface area contributed by atoms with Crippen LogP contribution in [0.4, 0.5) is 19.0 Å². The zero-order chi connectivity index (χ0) is 20.3. The summed E-state index contributed by atoms with van der Waals surface area (Å²) >= 11 is 5.86. The third-order valence-electron chi connectivity index (χ3n) is 3.26. The summed E-state index contributed by atoms with van der Waals surface area (Å²) in [6.45, 7) is 1.71. The number of benzene rings is 1. The fraction of sp³-hybridized carbons (Fsp3) is 0.188. The maximum Gasteiger partial charge on any atom is 0.387 e. The number of hydrogen-bond acceptors (Lipinski definition) is 6. The minimum atomic E-state index is -3.37. The molecule has 1 heterocycles. The molecule has 0 radical (unpaired) electrons. The van der Waals surface area contributed by atoms with Crippen molar-refractivity contribution in [3.8, 4) is 22.9 Å². The van der Waals surface area contributed by atoms with Crippen molar-refractivity contribution in [3.63, 3.8) is 0 Å². The Morgan fingerprint density at radius 1 is 1.48 bits per heavy atom. The van der Waals surface area contributed by atoms with E-state index in [1.807, 2.05) is 0 Å². The van der Waals surface area contributed by atoms with Gasteiger partial charge in [0.25, 0.3) is 0 Å². The molecular weight excluding hydrogens is 391 g/mol. The van der Waals surface area contributed by atoms with Crippen LogP contribution in [-0.4, -0.2) is 34.3 Å². The van der Waals surface area contributed by atoms with Gasteiger partial charge in [-0.15, -0.1) is 0 Å². The van der Waals surface area contributed by atoms with Crippen LogP contribution in [0.5, 0.6) is 11.5 Å². The second-order valence-electron chi connectivity index (χ2n) is 4.89. The van der Waals surface area contributed by atoms with Crippen LogP contribution < -0.4 is 15.2 Å². The first-order chi connectivity index (χ1) is 12.7. The molecule has 0 aliphatic heterocycles. The number of carboxylic acids is 1. The summed E-state index contributed by atoms with van der Waals surface area (Å²) in [5.41, 5.74) is 4.58. The maximum absolute atomic E-state index is 14.8. The number of carboxylic acid groups (broad SMARTS) is 1. The molecule has 7 nitrogen and oxygen atoms in total. The third kappa shape index (κ3) is 4.05. The Labute approximate surface area is 156 Å². The van der Waals surface area contributed by atoms with Crippen LogP contribution in [0.3, 0.4) is 0 Å². The van der Waals surface area contributed by atoms with Crippen molar-refractivity contribution in [3.05, 3.63) is 34.7 Å². The second-order valence-corrected chi connectivity index (χ2v) is 5.27. The minimum Gasteiger partial charge on any atom is -0.492 e. The molecule has 144 valence electrons. The summed E-state index contributed by atoms with van der Waals surface area (Å²) in [6.07, 6.45) is 1.12. The first-order valence-corrected chi connectivity index (χ1v) is 7.72. The number of aromatic carboxylic acids is 1. The first kappa shape index (κ1) is 20.3. The molecule has 0 unspecified atom stereocenters. The molecule has 1 aromatic carbocycles. The standard InChI is InChI=1S/C16H13ClF3N3O4/c1-3-6-11(15(24)25)22-14(23-13(6)21)7-5-8(26-4-2)9(17)12(10(7)18)27-16(19)20/h3,5,16H,1,4H2,2H3,(H,24,25)(H2,21,22,23). The molecule has 0 saturated heterocycles. The van der Waals surface area contributed by atoms with Crippen LogP contribution in [0.1, 0.15) is 23.0 Å². The van der Waals surface area contributed by atoms with E-state index in [2.05, 4.69) is 21.3 Å². The van der Waals surface area contributed by atoms with Crippen LogP contribution in [-0.2, 0) is 0 Å². The van der Waals surface area contributed by atoms with Gasteiger partial charge in [-0.3, -0.25) is 0 Å². The first-order valence-electron chi connectivity index (χ1n) is 7.34. The minimum absolute atomic E-state index is 0.0743. The quantitative estimate of drug-likeness (QED) is 0.722. The maximum atomic E-state index is 14.8. The number of nitrogens with two attached hydrogens (primary N) is 1. The molecule has 27 heavy (non-hydrogen) atoms. The summed E-state index contributed by atoms with van der Waals surface area (Å²) in [7, 11) is 0. The number of anilines is 1. The van der Waals surface area contributed by atoms with Gasteiger partial charge in [-0.05, 0) is 13.0 Å². The fourth-order valence-electron chi connectivity index (χ4n) is 2.18. The molecule has 11 heteroatoms. The van der Waals surface area contributed by atoms with Crippen molar-refractivity contribution in [2.75, 3.05) is 12.3 Å². The van der Waals surface area contributed by atoms with E-state index in [-0.39, 0.29) is 23.7 Å². The van der Waals surface area contributed by atoms with E-state index in [4.69, 9.17) is 22.1 Å². The number of nitrogens with zero attached hydrogens (tertiary/aromatic N) is 2. The Balaban J connectivity index is 2.79. The smallest absolute Gasteiger partial charge is 0.387 e. The molecular formula is C16H13ClF3N3O4. The molecule has 3 N–H and O–H groups in total. The molecule has 0 bridgehead atoms. The number of hydrogen-bond donors (Lipinski definition) is 2. The molecule has 0 atom stereocenters. The highest BCUT2D eigenvalue weighted by molar-refractivity contribution is 6.33. The van der Waals surface area contributed by atoms with Crippen molar-refractivity contribution < 1.29 is 32.5 Å². The van der Waals surface area contributed by atoms with Crippen molar-refractivity contribution in [2.45, 2.75) is 13.5 Å². The highest BCUT2D eigenvalue weighted by Crippen LogP contribution is 2.42. The zero-order valence-corrected chi connectivity index (χ0v) is 14.6. The van der Waals surface area contributed by atoms with E-state index in [1.54, 1.807) is 6.92 Å². The highest BCUT2D eigenvalue weighted by atomic mass is 35.5. The van der Waals surface area contributed by atoms with Crippen LogP contribution in [0.15, 0.2) is 12.6 Å². The Morgan fingerprint density at radius 2 is 2.15 bits per heavy atom. The SMILES string of the molecule is C=Cc1c(N)nc(-c2cc(OCC)c(Cl)c(OC(F)F)c2F)nc1C(=O)O. The number of alkyl halides is 2. The molecule has 0 aliphatic rings. The van der Waals surface area contributed by atoms with Crippen molar-refractivity contribution in [1.82, 2.24) is 9.97 Å². The Kier molecular flexibility index (Phi) is 6.11. The van der Waals surface area contributed by atoms with E-state index in [9.17, 15) is 23.1 Å². The predicted molar refractivity (Wildman–Crippen MR) is 91.7 cm³/mol. The molecule has 0 saturated carbocycles. The van der Waals surface area contributed by atoms with Crippen molar-refractivity contribution >= 4 is 29.5 Å². The molecule has 0 amide bonds. The van der Waals surface area contributed by atoms with Gasteiger partial charge < -0.3 is 20.3 Å². The normalized spacial score (nSPS) is 10.7.